The highest BCUT2D eigenvalue weighted by Crippen LogP contribution is 2.49. The fourth-order valence-electron chi connectivity index (χ4n) is 3.25. The van der Waals surface area contributed by atoms with Gasteiger partial charge >= 0.3 is 0 Å². The summed E-state index contributed by atoms with van der Waals surface area (Å²) in [6.45, 7) is 2.22. The maximum Gasteiger partial charge on any atom is 0.233 e. The lowest BCUT2D eigenvalue weighted by Crippen LogP contribution is -2.45. The van der Waals surface area contributed by atoms with Gasteiger partial charge < -0.3 is 9.64 Å². The summed E-state index contributed by atoms with van der Waals surface area (Å²) in [7, 11) is 0. The monoisotopic (exact) mass is 307 g/mol. The largest absolute Gasteiger partial charge is 0.377 e. The number of ether oxygens (including phenoxy) is 1. The van der Waals surface area contributed by atoms with Crippen LogP contribution in [0.3, 0.4) is 0 Å². The Kier molecular flexibility index (Phi) is 4.51. The molecule has 3 rings (SSSR count). The van der Waals surface area contributed by atoms with Crippen LogP contribution in [0.1, 0.15) is 31.2 Å². The highest BCUT2D eigenvalue weighted by Gasteiger charge is 2.53. The van der Waals surface area contributed by atoms with Crippen molar-refractivity contribution in [2.75, 3.05) is 25.6 Å². The molecule has 21 heavy (non-hydrogen) atoms. The molecule has 1 aromatic carbocycles. The van der Waals surface area contributed by atoms with E-state index in [9.17, 15) is 4.79 Å². The van der Waals surface area contributed by atoms with Crippen molar-refractivity contribution in [3.63, 3.8) is 0 Å². The first-order chi connectivity index (χ1) is 10.3. The Balaban J connectivity index is 1.60. The second-order valence-electron chi connectivity index (χ2n) is 6.00. The zero-order valence-electron chi connectivity index (χ0n) is 12.3. The first kappa shape index (κ1) is 14.9. The van der Waals surface area contributed by atoms with Crippen LogP contribution in [0.5, 0.6) is 0 Å². The summed E-state index contributed by atoms with van der Waals surface area (Å²) in [4.78, 5) is 14.9. The summed E-state index contributed by atoms with van der Waals surface area (Å²) in [6, 6.07) is 10.2. The average Bonchev–Trinajstić information content (AvgIpc) is 3.35. The van der Waals surface area contributed by atoms with Crippen LogP contribution >= 0.6 is 11.6 Å². The summed E-state index contributed by atoms with van der Waals surface area (Å²) < 4.78 is 5.68. The Labute approximate surface area is 131 Å². The van der Waals surface area contributed by atoms with Gasteiger partial charge in [0.05, 0.1) is 18.1 Å². The normalized spacial score (nSPS) is 21.3. The van der Waals surface area contributed by atoms with Crippen molar-refractivity contribution in [3.05, 3.63) is 35.9 Å². The van der Waals surface area contributed by atoms with Crippen LogP contribution in [0.2, 0.25) is 0 Å². The number of hydrogen-bond acceptors (Lipinski definition) is 2. The van der Waals surface area contributed by atoms with Gasteiger partial charge in [-0.2, -0.15) is 0 Å². The number of benzene rings is 1. The molecule has 0 spiro atoms. The molecule has 2 fully saturated rings. The minimum Gasteiger partial charge on any atom is -0.377 e. The SMILES string of the molecule is O=C(N1CCC(OCCCl)CC1)C1(c2ccccc2)CC1. The average molecular weight is 308 g/mol. The van der Waals surface area contributed by atoms with E-state index in [1.165, 1.54) is 5.56 Å². The van der Waals surface area contributed by atoms with E-state index in [1.807, 2.05) is 23.1 Å². The van der Waals surface area contributed by atoms with Gasteiger partial charge in [-0.05, 0) is 31.2 Å². The number of hydrogen-bond donors (Lipinski definition) is 0. The first-order valence-corrected chi connectivity index (χ1v) is 8.32. The van der Waals surface area contributed by atoms with Crippen molar-refractivity contribution in [3.8, 4) is 0 Å². The fourth-order valence-corrected chi connectivity index (χ4v) is 3.34. The third-order valence-electron chi connectivity index (χ3n) is 4.65. The molecule has 0 aromatic heterocycles. The third kappa shape index (κ3) is 3.09. The Morgan fingerprint density at radius 1 is 1.24 bits per heavy atom. The number of piperidine rings is 1. The van der Waals surface area contributed by atoms with Crippen molar-refractivity contribution in [2.24, 2.45) is 0 Å². The van der Waals surface area contributed by atoms with Crippen molar-refractivity contribution in [1.82, 2.24) is 4.90 Å². The number of halogens is 1. The molecule has 1 aromatic rings. The maximum atomic E-state index is 12.9. The van der Waals surface area contributed by atoms with Crippen molar-refractivity contribution >= 4 is 17.5 Å². The topological polar surface area (TPSA) is 29.5 Å². The number of nitrogens with zero attached hydrogens (tertiary/aromatic N) is 1. The van der Waals surface area contributed by atoms with Gasteiger partial charge in [0, 0.05) is 19.0 Å². The first-order valence-electron chi connectivity index (χ1n) is 7.79. The minimum absolute atomic E-state index is 0.231. The molecule has 0 bridgehead atoms. The number of carbonyl (C=O) groups is 1. The maximum absolute atomic E-state index is 12.9. The summed E-state index contributed by atoms with van der Waals surface area (Å²) in [5.74, 6) is 0.848. The number of alkyl halides is 1. The highest BCUT2D eigenvalue weighted by atomic mass is 35.5. The molecule has 1 aliphatic heterocycles. The lowest BCUT2D eigenvalue weighted by atomic mass is 9.93. The summed E-state index contributed by atoms with van der Waals surface area (Å²) in [5, 5.41) is 0. The van der Waals surface area contributed by atoms with Crippen molar-refractivity contribution < 1.29 is 9.53 Å². The number of likely N-dealkylation sites (tertiary alicyclic amines) is 1. The van der Waals surface area contributed by atoms with Crippen LogP contribution in [0.25, 0.3) is 0 Å². The van der Waals surface area contributed by atoms with Crippen molar-refractivity contribution in [1.29, 1.82) is 0 Å². The molecular weight excluding hydrogens is 286 g/mol. The molecule has 2 aliphatic rings. The lowest BCUT2D eigenvalue weighted by molar-refractivity contribution is -0.136. The molecule has 1 heterocycles. The van der Waals surface area contributed by atoms with Gasteiger partial charge in [0.1, 0.15) is 0 Å². The van der Waals surface area contributed by atoms with E-state index in [2.05, 4.69) is 12.1 Å². The quantitative estimate of drug-likeness (QED) is 0.783. The molecule has 1 amide bonds. The van der Waals surface area contributed by atoms with E-state index < -0.39 is 0 Å². The molecule has 0 N–H and O–H groups in total. The van der Waals surface area contributed by atoms with Crippen LogP contribution < -0.4 is 0 Å². The molecule has 0 radical (unpaired) electrons. The molecule has 0 unspecified atom stereocenters. The van der Waals surface area contributed by atoms with E-state index >= 15 is 0 Å². The molecular formula is C17H22ClNO2. The van der Waals surface area contributed by atoms with Gasteiger partial charge in [-0.3, -0.25) is 4.79 Å². The van der Waals surface area contributed by atoms with E-state index in [4.69, 9.17) is 16.3 Å². The number of amides is 1. The molecule has 4 heteroatoms. The lowest BCUT2D eigenvalue weighted by Gasteiger charge is -2.34. The molecule has 0 atom stereocenters. The van der Waals surface area contributed by atoms with E-state index in [-0.39, 0.29) is 11.5 Å². The standard InChI is InChI=1S/C17H22ClNO2/c18-10-13-21-15-6-11-19(12-7-15)16(20)17(8-9-17)14-4-2-1-3-5-14/h1-5,15H,6-13H2. The number of rotatable bonds is 5. The second kappa shape index (κ2) is 6.37. The predicted octanol–water partition coefficient (Wildman–Crippen LogP) is 2.96. The van der Waals surface area contributed by atoms with Gasteiger partial charge in [-0.15, -0.1) is 11.6 Å². The predicted molar refractivity (Wildman–Crippen MR) is 83.6 cm³/mol. The van der Waals surface area contributed by atoms with Gasteiger partial charge in [0.2, 0.25) is 5.91 Å². The zero-order chi connectivity index (χ0) is 14.7. The van der Waals surface area contributed by atoms with Gasteiger partial charge in [-0.25, -0.2) is 0 Å². The van der Waals surface area contributed by atoms with Crippen LogP contribution in [0.4, 0.5) is 0 Å². The fraction of sp³-hybridized carbons (Fsp3) is 0.588. The van der Waals surface area contributed by atoms with Crippen LogP contribution in [0, 0.1) is 0 Å². The molecule has 114 valence electrons. The summed E-state index contributed by atoms with van der Waals surface area (Å²) >= 11 is 5.65. The molecule has 1 saturated heterocycles. The van der Waals surface area contributed by atoms with E-state index in [1.54, 1.807) is 0 Å². The zero-order valence-corrected chi connectivity index (χ0v) is 13.0. The van der Waals surface area contributed by atoms with Crippen LogP contribution in [-0.4, -0.2) is 42.5 Å². The van der Waals surface area contributed by atoms with Gasteiger partial charge in [-0.1, -0.05) is 30.3 Å². The second-order valence-corrected chi connectivity index (χ2v) is 6.38. The molecule has 1 saturated carbocycles. The summed E-state index contributed by atoms with van der Waals surface area (Å²) in [5.41, 5.74) is 0.945. The smallest absolute Gasteiger partial charge is 0.233 e. The summed E-state index contributed by atoms with van der Waals surface area (Å²) in [6.07, 6.45) is 4.08. The van der Waals surface area contributed by atoms with Gasteiger partial charge in [0.25, 0.3) is 0 Å². The van der Waals surface area contributed by atoms with E-state index in [0.29, 0.717) is 18.4 Å². The van der Waals surface area contributed by atoms with Crippen LogP contribution in [-0.2, 0) is 14.9 Å². The molecule has 3 nitrogen and oxygen atoms in total. The Hall–Kier alpha value is -1.06. The Morgan fingerprint density at radius 3 is 2.48 bits per heavy atom. The Bertz CT molecular complexity index is 479. The highest BCUT2D eigenvalue weighted by molar-refractivity contribution is 6.17. The van der Waals surface area contributed by atoms with Crippen molar-refractivity contribution in [2.45, 2.75) is 37.2 Å². The minimum atomic E-state index is -0.231. The van der Waals surface area contributed by atoms with Crippen LogP contribution in [0.15, 0.2) is 30.3 Å². The molecule has 1 aliphatic carbocycles. The van der Waals surface area contributed by atoms with E-state index in [0.717, 1.165) is 38.8 Å². The number of carbonyl (C=O) groups excluding carboxylic acids is 1. The third-order valence-corrected chi connectivity index (χ3v) is 4.80. The Morgan fingerprint density at radius 2 is 1.90 bits per heavy atom. The van der Waals surface area contributed by atoms with Gasteiger partial charge in [0.15, 0.2) is 0 Å².